The summed E-state index contributed by atoms with van der Waals surface area (Å²) in [5.41, 5.74) is -0.0453. The Morgan fingerprint density at radius 2 is 1.92 bits per heavy atom. The molecule has 1 aromatic heterocycles. The van der Waals surface area contributed by atoms with Gasteiger partial charge >= 0.3 is 5.97 Å². The average Bonchev–Trinajstić information content (AvgIpc) is 2.07. The number of carbonyl (C=O) groups is 1. The maximum Gasteiger partial charge on any atom is 0.338 e. The van der Waals surface area contributed by atoms with Crippen LogP contribution in [0.15, 0.2) is 12.1 Å². The molecule has 0 saturated carbocycles. The molecule has 1 heterocycles. The van der Waals surface area contributed by atoms with E-state index in [2.05, 4.69) is 4.98 Å². The lowest BCUT2D eigenvalue weighted by atomic mass is 10.3. The smallest absolute Gasteiger partial charge is 0.338 e. The van der Waals surface area contributed by atoms with E-state index in [9.17, 15) is 4.79 Å². The molecule has 0 fully saturated rings. The molecule has 0 saturated heterocycles. The van der Waals surface area contributed by atoms with Crippen molar-refractivity contribution in [2.75, 3.05) is 0 Å². The minimum atomic E-state index is -1.11. The van der Waals surface area contributed by atoms with E-state index in [0.29, 0.717) is 0 Å². The largest absolute Gasteiger partial charge is 0.478 e. The summed E-state index contributed by atoms with van der Waals surface area (Å²) in [6.45, 7) is 4.00. The Labute approximate surface area is 86.3 Å². The molecule has 0 aliphatic carbocycles. The number of hydrogen-bond acceptors (Lipinski definition) is 2. The van der Waals surface area contributed by atoms with Gasteiger partial charge in [-0.15, -0.1) is 0 Å². The Kier molecular flexibility index (Phi) is 5.42. The molecule has 0 aliphatic heterocycles. The van der Waals surface area contributed by atoms with Gasteiger partial charge in [0.15, 0.2) is 0 Å². The Balaban J connectivity index is 0.000000671. The monoisotopic (exact) mass is 221 g/mol. The van der Waals surface area contributed by atoms with E-state index in [0.717, 1.165) is 0 Å². The molecule has 0 aliphatic rings. The van der Waals surface area contributed by atoms with Crippen LogP contribution in [0.4, 0.5) is 0 Å². The van der Waals surface area contributed by atoms with Gasteiger partial charge in [0, 0.05) is 0 Å². The standard InChI is InChI=1S/C6H3Cl2NO2.C2H6/c7-4-2-1-3(6(10)11)5(8)9-4;1-2/h1-2H,(H,10,11);1-2H3. The van der Waals surface area contributed by atoms with Crippen LogP contribution < -0.4 is 0 Å². The normalized spacial score (nSPS) is 8.62. The van der Waals surface area contributed by atoms with Crippen molar-refractivity contribution < 1.29 is 9.90 Å². The third-order valence-corrected chi connectivity index (χ3v) is 1.54. The van der Waals surface area contributed by atoms with Gasteiger partial charge in [-0.1, -0.05) is 37.0 Å². The molecule has 5 heteroatoms. The maximum atomic E-state index is 10.4. The summed E-state index contributed by atoms with van der Waals surface area (Å²) >= 11 is 10.9. The van der Waals surface area contributed by atoms with Gasteiger partial charge in [-0.2, -0.15) is 0 Å². The fourth-order valence-corrected chi connectivity index (χ4v) is 0.997. The molecule has 72 valence electrons. The first kappa shape index (κ1) is 12.2. The molecule has 1 rings (SSSR count). The molecule has 0 amide bonds. The number of nitrogens with zero attached hydrogens (tertiary/aromatic N) is 1. The molecule has 1 aromatic rings. The summed E-state index contributed by atoms with van der Waals surface area (Å²) in [5, 5.41) is 8.58. The van der Waals surface area contributed by atoms with Crippen LogP contribution in [0.25, 0.3) is 0 Å². The van der Waals surface area contributed by atoms with Crippen molar-refractivity contribution in [1.82, 2.24) is 4.98 Å². The highest BCUT2D eigenvalue weighted by atomic mass is 35.5. The van der Waals surface area contributed by atoms with E-state index in [4.69, 9.17) is 28.3 Å². The molecule has 0 unspecified atom stereocenters. The third kappa shape index (κ3) is 3.61. The zero-order chi connectivity index (χ0) is 10.4. The van der Waals surface area contributed by atoms with Crippen LogP contribution in [0.3, 0.4) is 0 Å². The average molecular weight is 222 g/mol. The van der Waals surface area contributed by atoms with Crippen molar-refractivity contribution in [1.29, 1.82) is 0 Å². The first-order chi connectivity index (χ1) is 6.11. The summed E-state index contributed by atoms with van der Waals surface area (Å²) in [6, 6.07) is 2.68. The molecule has 0 spiro atoms. The van der Waals surface area contributed by atoms with Crippen LogP contribution in [0.5, 0.6) is 0 Å². The van der Waals surface area contributed by atoms with Gasteiger partial charge in [-0.3, -0.25) is 0 Å². The predicted octanol–water partition coefficient (Wildman–Crippen LogP) is 3.11. The van der Waals surface area contributed by atoms with Crippen LogP contribution in [0.1, 0.15) is 24.2 Å². The molecule has 3 nitrogen and oxygen atoms in total. The van der Waals surface area contributed by atoms with Crippen LogP contribution in [0.2, 0.25) is 10.3 Å². The van der Waals surface area contributed by atoms with E-state index in [1.54, 1.807) is 0 Å². The number of hydrogen-bond donors (Lipinski definition) is 1. The summed E-state index contributed by atoms with van der Waals surface area (Å²) in [7, 11) is 0. The van der Waals surface area contributed by atoms with Gasteiger partial charge in [0.05, 0.1) is 5.56 Å². The lowest BCUT2D eigenvalue weighted by Gasteiger charge is -1.95. The van der Waals surface area contributed by atoms with Gasteiger partial charge in [-0.05, 0) is 12.1 Å². The number of halogens is 2. The molecule has 0 atom stereocenters. The lowest BCUT2D eigenvalue weighted by molar-refractivity contribution is 0.0696. The maximum absolute atomic E-state index is 10.4. The van der Waals surface area contributed by atoms with Gasteiger partial charge in [0.1, 0.15) is 10.3 Å². The van der Waals surface area contributed by atoms with Crippen LogP contribution in [-0.2, 0) is 0 Å². The molecule has 0 aromatic carbocycles. The Morgan fingerprint density at radius 1 is 1.38 bits per heavy atom. The van der Waals surface area contributed by atoms with Gasteiger partial charge in [-0.25, -0.2) is 9.78 Å². The van der Waals surface area contributed by atoms with Crippen molar-refractivity contribution in [3.8, 4) is 0 Å². The third-order valence-electron chi connectivity index (χ3n) is 1.05. The van der Waals surface area contributed by atoms with Gasteiger partial charge in [0.2, 0.25) is 0 Å². The predicted molar refractivity (Wildman–Crippen MR) is 52.6 cm³/mol. The fourth-order valence-electron chi connectivity index (χ4n) is 0.572. The van der Waals surface area contributed by atoms with Gasteiger partial charge in [0.25, 0.3) is 0 Å². The minimum Gasteiger partial charge on any atom is -0.478 e. The van der Waals surface area contributed by atoms with E-state index >= 15 is 0 Å². The molecule has 1 N–H and O–H groups in total. The van der Waals surface area contributed by atoms with Crippen molar-refractivity contribution in [3.05, 3.63) is 28.0 Å². The van der Waals surface area contributed by atoms with Crippen molar-refractivity contribution >= 4 is 29.2 Å². The first-order valence-electron chi connectivity index (χ1n) is 3.66. The van der Waals surface area contributed by atoms with Crippen LogP contribution in [0, 0.1) is 0 Å². The fraction of sp³-hybridized carbons (Fsp3) is 0.250. The number of carboxylic acid groups (broad SMARTS) is 1. The van der Waals surface area contributed by atoms with Crippen LogP contribution in [-0.4, -0.2) is 16.1 Å². The van der Waals surface area contributed by atoms with E-state index in [1.165, 1.54) is 12.1 Å². The molecular weight excluding hydrogens is 213 g/mol. The second-order valence-electron chi connectivity index (χ2n) is 1.78. The van der Waals surface area contributed by atoms with E-state index in [-0.39, 0.29) is 15.9 Å². The number of rotatable bonds is 1. The number of carboxylic acids is 1. The Bertz CT molecular complexity index is 302. The van der Waals surface area contributed by atoms with E-state index in [1.807, 2.05) is 13.8 Å². The van der Waals surface area contributed by atoms with Crippen molar-refractivity contribution in [2.24, 2.45) is 0 Å². The molecular formula is C8H9Cl2NO2. The second kappa shape index (κ2) is 5.78. The lowest BCUT2D eigenvalue weighted by Crippen LogP contribution is -1.98. The van der Waals surface area contributed by atoms with E-state index < -0.39 is 5.97 Å². The first-order valence-corrected chi connectivity index (χ1v) is 4.42. The number of aromatic nitrogens is 1. The molecule has 0 bridgehead atoms. The summed E-state index contributed by atoms with van der Waals surface area (Å²) in [6.07, 6.45) is 0. The highest BCUT2D eigenvalue weighted by molar-refractivity contribution is 6.34. The SMILES string of the molecule is CC.O=C(O)c1ccc(Cl)nc1Cl. The molecule has 13 heavy (non-hydrogen) atoms. The van der Waals surface area contributed by atoms with Crippen LogP contribution >= 0.6 is 23.2 Å². The molecule has 0 radical (unpaired) electrons. The van der Waals surface area contributed by atoms with Crippen molar-refractivity contribution in [3.63, 3.8) is 0 Å². The zero-order valence-corrected chi connectivity index (χ0v) is 8.73. The topological polar surface area (TPSA) is 50.2 Å². The van der Waals surface area contributed by atoms with Gasteiger partial charge < -0.3 is 5.11 Å². The highest BCUT2D eigenvalue weighted by Gasteiger charge is 2.08. The Hall–Kier alpha value is -0.800. The summed E-state index contributed by atoms with van der Waals surface area (Å²) < 4.78 is 0. The zero-order valence-electron chi connectivity index (χ0n) is 7.21. The Morgan fingerprint density at radius 3 is 2.31 bits per heavy atom. The second-order valence-corrected chi connectivity index (χ2v) is 2.52. The van der Waals surface area contributed by atoms with Crippen molar-refractivity contribution in [2.45, 2.75) is 13.8 Å². The minimum absolute atomic E-state index is 0.0453. The highest BCUT2D eigenvalue weighted by Crippen LogP contribution is 2.15. The number of aromatic carboxylic acids is 1. The summed E-state index contributed by atoms with van der Waals surface area (Å²) in [5.74, 6) is -1.11. The quantitative estimate of drug-likeness (QED) is 0.742. The number of pyridine rings is 1. The summed E-state index contributed by atoms with van der Waals surface area (Å²) in [4.78, 5) is 13.9.